The fourth-order valence-corrected chi connectivity index (χ4v) is 4.39. The summed E-state index contributed by atoms with van der Waals surface area (Å²) in [7, 11) is 0. The summed E-state index contributed by atoms with van der Waals surface area (Å²) in [6, 6.07) is 9.23. The summed E-state index contributed by atoms with van der Waals surface area (Å²) < 4.78 is 2.02. The van der Waals surface area contributed by atoms with Crippen molar-refractivity contribution in [2.45, 2.75) is 11.3 Å². The van der Waals surface area contributed by atoms with Gasteiger partial charge in [0.2, 0.25) is 5.91 Å². The lowest BCUT2D eigenvalue weighted by molar-refractivity contribution is -0.115. The largest absolute Gasteiger partial charge is 0.342 e. The molecule has 3 aromatic rings. The zero-order chi connectivity index (χ0) is 17.1. The minimum atomic E-state index is -0.259. The second-order valence-corrected chi connectivity index (χ2v) is 8.38. The molecule has 8 heteroatoms. The second-order valence-electron chi connectivity index (χ2n) is 5.01. The van der Waals surface area contributed by atoms with E-state index in [-0.39, 0.29) is 18.4 Å². The van der Waals surface area contributed by atoms with Crippen molar-refractivity contribution >= 4 is 62.2 Å². The van der Waals surface area contributed by atoms with Crippen LogP contribution in [-0.2, 0) is 4.79 Å². The predicted molar refractivity (Wildman–Crippen MR) is 101 cm³/mol. The molecular weight excluding hydrogens is 362 g/mol. The first kappa shape index (κ1) is 16.9. The van der Waals surface area contributed by atoms with Crippen LogP contribution in [-0.4, -0.2) is 29.6 Å². The Morgan fingerprint density at radius 2 is 2.04 bits per heavy atom. The van der Waals surface area contributed by atoms with Crippen LogP contribution in [0.2, 0.25) is 0 Å². The highest BCUT2D eigenvalue weighted by molar-refractivity contribution is 8.00. The molecule has 2 amide bonds. The van der Waals surface area contributed by atoms with Crippen LogP contribution in [0.15, 0.2) is 34.7 Å². The molecule has 0 atom stereocenters. The van der Waals surface area contributed by atoms with Gasteiger partial charge in [0.1, 0.15) is 0 Å². The van der Waals surface area contributed by atoms with Gasteiger partial charge in [-0.2, -0.15) is 0 Å². The van der Waals surface area contributed by atoms with Gasteiger partial charge in [-0.1, -0.05) is 11.8 Å². The number of nitrogens with zero attached hydrogens (tertiary/aromatic N) is 1. The number of benzene rings is 1. The number of hydrogen-bond acceptors (Lipinski definition) is 6. The minimum absolute atomic E-state index is 0.0629. The van der Waals surface area contributed by atoms with E-state index in [0.717, 1.165) is 19.4 Å². The number of thioether (sulfide) groups is 1. The summed E-state index contributed by atoms with van der Waals surface area (Å²) in [5.41, 5.74) is 1.62. The normalized spacial score (nSPS) is 10.8. The number of thiophene rings is 1. The van der Waals surface area contributed by atoms with E-state index in [2.05, 4.69) is 15.6 Å². The topological polar surface area (TPSA) is 71.1 Å². The Morgan fingerprint density at radius 3 is 2.75 bits per heavy atom. The maximum absolute atomic E-state index is 12.0. The van der Waals surface area contributed by atoms with E-state index in [0.29, 0.717) is 10.6 Å². The molecular formula is C16H15N3O2S3. The molecule has 0 aliphatic heterocycles. The maximum atomic E-state index is 12.0. The first-order valence-corrected chi connectivity index (χ1v) is 10.00. The van der Waals surface area contributed by atoms with E-state index in [4.69, 9.17) is 0 Å². The SMILES string of the molecule is CSc1nc2ccc(NC(=O)CNC(=O)c3ccc(C)s3)cc2s1. The summed E-state index contributed by atoms with van der Waals surface area (Å²) in [6.45, 7) is 1.87. The highest BCUT2D eigenvalue weighted by atomic mass is 32.2. The van der Waals surface area contributed by atoms with Crippen molar-refractivity contribution in [3.8, 4) is 0 Å². The van der Waals surface area contributed by atoms with Crippen LogP contribution >= 0.6 is 34.4 Å². The highest BCUT2D eigenvalue weighted by Gasteiger charge is 2.11. The van der Waals surface area contributed by atoms with E-state index >= 15 is 0 Å². The molecule has 0 unspecified atom stereocenters. The fraction of sp³-hybridized carbons (Fsp3) is 0.188. The van der Waals surface area contributed by atoms with E-state index in [1.807, 2.05) is 37.4 Å². The third-order valence-corrected chi connectivity index (χ3v) is 6.20. The quantitative estimate of drug-likeness (QED) is 0.664. The van der Waals surface area contributed by atoms with E-state index in [9.17, 15) is 9.59 Å². The molecule has 0 radical (unpaired) electrons. The minimum Gasteiger partial charge on any atom is -0.342 e. The lowest BCUT2D eigenvalue weighted by atomic mass is 10.3. The van der Waals surface area contributed by atoms with Gasteiger partial charge in [0.25, 0.3) is 5.91 Å². The van der Waals surface area contributed by atoms with Crippen LogP contribution in [0.4, 0.5) is 5.69 Å². The van der Waals surface area contributed by atoms with Crippen molar-refractivity contribution < 1.29 is 9.59 Å². The van der Waals surface area contributed by atoms with Crippen LogP contribution in [0.1, 0.15) is 14.5 Å². The zero-order valence-electron chi connectivity index (χ0n) is 13.1. The number of aryl methyl sites for hydroxylation is 1. The van der Waals surface area contributed by atoms with Crippen molar-refractivity contribution in [1.29, 1.82) is 0 Å². The Balaban J connectivity index is 1.59. The molecule has 1 aromatic carbocycles. The van der Waals surface area contributed by atoms with Crippen LogP contribution in [0.5, 0.6) is 0 Å². The molecule has 0 fully saturated rings. The van der Waals surface area contributed by atoms with Crippen LogP contribution in [0.3, 0.4) is 0 Å². The molecule has 2 heterocycles. The molecule has 5 nitrogen and oxygen atoms in total. The molecule has 124 valence electrons. The van der Waals surface area contributed by atoms with Gasteiger partial charge in [0.05, 0.1) is 21.6 Å². The Morgan fingerprint density at radius 1 is 1.21 bits per heavy atom. The molecule has 2 N–H and O–H groups in total. The molecule has 3 rings (SSSR count). The third-order valence-electron chi connectivity index (χ3n) is 3.20. The standard InChI is InChI=1S/C16H15N3O2S3/c1-9-3-6-12(23-9)15(21)17-8-14(20)18-10-4-5-11-13(7-10)24-16(19-11)22-2/h3-7H,8H2,1-2H3,(H,17,21)(H,18,20). The van der Waals surface area contributed by atoms with Gasteiger partial charge in [-0.3, -0.25) is 9.59 Å². The van der Waals surface area contributed by atoms with Crippen LogP contribution in [0, 0.1) is 6.92 Å². The summed E-state index contributed by atoms with van der Waals surface area (Å²) in [5, 5.41) is 5.42. The number of nitrogens with one attached hydrogen (secondary N) is 2. The fourth-order valence-electron chi connectivity index (χ4n) is 2.08. The summed E-state index contributed by atoms with van der Waals surface area (Å²) in [5.74, 6) is -0.489. The van der Waals surface area contributed by atoms with E-state index < -0.39 is 0 Å². The predicted octanol–water partition coefficient (Wildman–Crippen LogP) is 3.76. The van der Waals surface area contributed by atoms with Crippen molar-refractivity contribution in [1.82, 2.24) is 10.3 Å². The van der Waals surface area contributed by atoms with Gasteiger partial charge < -0.3 is 10.6 Å². The zero-order valence-corrected chi connectivity index (χ0v) is 15.5. The Kier molecular flexibility index (Phi) is 5.17. The van der Waals surface area contributed by atoms with E-state index in [1.54, 1.807) is 29.2 Å². The van der Waals surface area contributed by atoms with Crippen molar-refractivity contribution in [3.63, 3.8) is 0 Å². The molecule has 0 saturated carbocycles. The van der Waals surface area contributed by atoms with Crippen molar-refractivity contribution in [2.75, 3.05) is 18.1 Å². The Labute approximate surface area is 151 Å². The van der Waals surface area contributed by atoms with Crippen molar-refractivity contribution in [3.05, 3.63) is 40.1 Å². The average Bonchev–Trinajstić information content (AvgIpc) is 3.18. The lowest BCUT2D eigenvalue weighted by Gasteiger charge is -2.06. The highest BCUT2D eigenvalue weighted by Crippen LogP contribution is 2.29. The number of thiazole rings is 1. The molecule has 24 heavy (non-hydrogen) atoms. The molecule has 0 spiro atoms. The van der Waals surface area contributed by atoms with Gasteiger partial charge in [-0.25, -0.2) is 4.98 Å². The monoisotopic (exact) mass is 377 g/mol. The Hall–Kier alpha value is -1.90. The first-order valence-electron chi connectivity index (χ1n) is 7.14. The number of rotatable bonds is 5. The van der Waals surface area contributed by atoms with Gasteiger partial charge in [0.15, 0.2) is 4.34 Å². The van der Waals surface area contributed by atoms with Gasteiger partial charge in [-0.05, 0) is 43.5 Å². The van der Waals surface area contributed by atoms with E-state index in [1.165, 1.54) is 11.3 Å². The van der Waals surface area contributed by atoms with Crippen LogP contribution < -0.4 is 10.6 Å². The molecule has 0 aliphatic rings. The summed E-state index contributed by atoms with van der Waals surface area (Å²) >= 11 is 4.59. The van der Waals surface area contributed by atoms with Gasteiger partial charge >= 0.3 is 0 Å². The third kappa shape index (κ3) is 3.95. The number of aromatic nitrogens is 1. The number of carbonyl (C=O) groups is 2. The molecule has 0 aliphatic carbocycles. The number of carbonyl (C=O) groups excluding carboxylic acids is 2. The Bertz CT molecular complexity index is 901. The second kappa shape index (κ2) is 7.33. The van der Waals surface area contributed by atoms with Gasteiger partial charge in [0, 0.05) is 10.6 Å². The number of anilines is 1. The van der Waals surface area contributed by atoms with Crippen molar-refractivity contribution in [2.24, 2.45) is 0 Å². The lowest BCUT2D eigenvalue weighted by Crippen LogP contribution is -2.32. The van der Waals surface area contributed by atoms with Gasteiger partial charge in [-0.15, -0.1) is 22.7 Å². The molecule has 0 saturated heterocycles. The summed E-state index contributed by atoms with van der Waals surface area (Å²) in [4.78, 5) is 30.1. The maximum Gasteiger partial charge on any atom is 0.261 e. The average molecular weight is 378 g/mol. The smallest absolute Gasteiger partial charge is 0.261 e. The number of hydrogen-bond donors (Lipinski definition) is 2. The first-order chi connectivity index (χ1) is 11.5. The molecule has 2 aromatic heterocycles. The summed E-state index contributed by atoms with van der Waals surface area (Å²) in [6.07, 6.45) is 1.98. The van der Waals surface area contributed by atoms with Crippen LogP contribution in [0.25, 0.3) is 10.2 Å². The number of amides is 2. The number of fused-ring (bicyclic) bond motifs is 1. The molecule has 0 bridgehead atoms.